The van der Waals surface area contributed by atoms with Gasteiger partial charge in [0.05, 0.1) is 6.61 Å². The van der Waals surface area contributed by atoms with Crippen LogP contribution in [-0.4, -0.2) is 39.3 Å². The molecule has 0 amide bonds. The highest BCUT2D eigenvalue weighted by Crippen LogP contribution is 2.24. The van der Waals surface area contributed by atoms with E-state index >= 15 is 0 Å². The van der Waals surface area contributed by atoms with Crippen molar-refractivity contribution >= 4 is 11.2 Å². The molecule has 0 bridgehead atoms. The monoisotopic (exact) mass is 246 g/mol. The molecule has 5 nitrogen and oxygen atoms in total. The Labute approximate surface area is 106 Å². The first-order valence-corrected chi connectivity index (χ1v) is 6.53. The molecule has 1 saturated heterocycles. The first-order valence-electron chi connectivity index (χ1n) is 6.53. The van der Waals surface area contributed by atoms with E-state index < -0.39 is 0 Å². The van der Waals surface area contributed by atoms with Gasteiger partial charge in [0.2, 0.25) is 0 Å². The number of piperidine rings is 1. The SMILES string of the molecule is OCCc1nc2cccnc2n1C1CCCNC1. The minimum Gasteiger partial charge on any atom is -0.396 e. The molecule has 2 aromatic heterocycles. The van der Waals surface area contributed by atoms with Crippen molar-refractivity contribution in [2.75, 3.05) is 19.7 Å². The molecule has 96 valence electrons. The molecule has 3 heterocycles. The number of aliphatic hydroxyl groups is 1. The summed E-state index contributed by atoms with van der Waals surface area (Å²) in [5.74, 6) is 0.944. The van der Waals surface area contributed by atoms with Crippen molar-refractivity contribution in [2.24, 2.45) is 0 Å². The van der Waals surface area contributed by atoms with Crippen LogP contribution in [0.1, 0.15) is 24.7 Å². The van der Waals surface area contributed by atoms with Gasteiger partial charge in [-0.25, -0.2) is 9.97 Å². The summed E-state index contributed by atoms with van der Waals surface area (Å²) in [6.07, 6.45) is 4.72. The van der Waals surface area contributed by atoms with Crippen molar-refractivity contribution in [3.05, 3.63) is 24.2 Å². The fraction of sp³-hybridized carbons (Fsp3) is 0.538. The molecular weight excluding hydrogens is 228 g/mol. The summed E-state index contributed by atoms with van der Waals surface area (Å²) >= 11 is 0. The molecular formula is C13H18N4O. The molecule has 1 aliphatic rings. The maximum absolute atomic E-state index is 9.18. The number of hydrogen-bond donors (Lipinski definition) is 2. The van der Waals surface area contributed by atoms with E-state index in [9.17, 15) is 5.11 Å². The fourth-order valence-electron chi connectivity index (χ4n) is 2.69. The molecule has 0 aliphatic carbocycles. The number of nitrogens with one attached hydrogen (secondary N) is 1. The van der Waals surface area contributed by atoms with Crippen LogP contribution in [0.4, 0.5) is 0 Å². The van der Waals surface area contributed by atoms with Crippen molar-refractivity contribution < 1.29 is 5.11 Å². The van der Waals surface area contributed by atoms with Crippen LogP contribution in [0.25, 0.3) is 11.2 Å². The number of hydrogen-bond acceptors (Lipinski definition) is 4. The Morgan fingerprint density at radius 2 is 2.44 bits per heavy atom. The Morgan fingerprint density at radius 3 is 3.22 bits per heavy atom. The highest BCUT2D eigenvalue weighted by atomic mass is 16.3. The summed E-state index contributed by atoms with van der Waals surface area (Å²) in [5.41, 5.74) is 1.86. The van der Waals surface area contributed by atoms with E-state index in [4.69, 9.17) is 0 Å². The Bertz CT molecular complexity index is 531. The number of imidazole rings is 1. The average Bonchev–Trinajstić information content (AvgIpc) is 2.78. The molecule has 0 saturated carbocycles. The van der Waals surface area contributed by atoms with Crippen molar-refractivity contribution in [1.82, 2.24) is 19.9 Å². The van der Waals surface area contributed by atoms with Crippen LogP contribution in [0.3, 0.4) is 0 Å². The molecule has 18 heavy (non-hydrogen) atoms. The van der Waals surface area contributed by atoms with E-state index in [0.29, 0.717) is 12.5 Å². The van der Waals surface area contributed by atoms with Crippen molar-refractivity contribution in [3.8, 4) is 0 Å². The van der Waals surface area contributed by atoms with Crippen LogP contribution in [0.5, 0.6) is 0 Å². The lowest BCUT2D eigenvalue weighted by atomic mass is 10.1. The van der Waals surface area contributed by atoms with Gasteiger partial charge in [0.15, 0.2) is 5.65 Å². The fourth-order valence-corrected chi connectivity index (χ4v) is 2.69. The number of pyridine rings is 1. The average molecular weight is 246 g/mol. The smallest absolute Gasteiger partial charge is 0.160 e. The van der Waals surface area contributed by atoms with Gasteiger partial charge in [0.1, 0.15) is 11.3 Å². The topological polar surface area (TPSA) is 63.0 Å². The summed E-state index contributed by atoms with van der Waals surface area (Å²) in [4.78, 5) is 9.04. The van der Waals surface area contributed by atoms with Gasteiger partial charge < -0.3 is 15.0 Å². The normalized spacial score (nSPS) is 20.4. The Balaban J connectivity index is 2.07. The van der Waals surface area contributed by atoms with Gasteiger partial charge in [-0.05, 0) is 31.5 Å². The molecule has 1 fully saturated rings. The standard InChI is InChI=1S/C13H18N4O/c18-8-5-12-16-11-4-2-7-15-13(11)17(12)10-3-1-6-14-9-10/h2,4,7,10,14,18H,1,3,5-6,8-9H2. The van der Waals surface area contributed by atoms with Crippen molar-refractivity contribution in [2.45, 2.75) is 25.3 Å². The number of fused-ring (bicyclic) bond motifs is 1. The van der Waals surface area contributed by atoms with Gasteiger partial charge in [-0.3, -0.25) is 0 Å². The Morgan fingerprint density at radius 1 is 1.50 bits per heavy atom. The van der Waals surface area contributed by atoms with E-state index in [1.165, 1.54) is 6.42 Å². The quantitative estimate of drug-likeness (QED) is 0.844. The van der Waals surface area contributed by atoms with Gasteiger partial charge in [-0.15, -0.1) is 0 Å². The van der Waals surface area contributed by atoms with Crippen LogP contribution >= 0.6 is 0 Å². The summed E-state index contributed by atoms with van der Waals surface area (Å²) in [5, 5.41) is 12.6. The van der Waals surface area contributed by atoms with Crippen molar-refractivity contribution in [3.63, 3.8) is 0 Å². The highest BCUT2D eigenvalue weighted by Gasteiger charge is 2.21. The summed E-state index contributed by atoms with van der Waals surface area (Å²) in [6.45, 7) is 2.18. The molecule has 5 heteroatoms. The number of rotatable bonds is 3. The van der Waals surface area contributed by atoms with E-state index in [2.05, 4.69) is 19.9 Å². The summed E-state index contributed by atoms with van der Waals surface area (Å²) in [6, 6.07) is 4.29. The predicted molar refractivity (Wildman–Crippen MR) is 69.5 cm³/mol. The van der Waals surface area contributed by atoms with Crippen LogP contribution < -0.4 is 5.32 Å². The largest absolute Gasteiger partial charge is 0.396 e. The Kier molecular flexibility index (Phi) is 3.25. The zero-order valence-electron chi connectivity index (χ0n) is 10.3. The van der Waals surface area contributed by atoms with Crippen LogP contribution in [0, 0.1) is 0 Å². The first kappa shape index (κ1) is 11.6. The molecule has 1 aliphatic heterocycles. The lowest BCUT2D eigenvalue weighted by molar-refractivity contribution is 0.289. The molecule has 3 rings (SSSR count). The Hall–Kier alpha value is -1.46. The third kappa shape index (κ3) is 2.00. The second-order valence-electron chi connectivity index (χ2n) is 4.72. The zero-order chi connectivity index (χ0) is 12.4. The second-order valence-corrected chi connectivity index (χ2v) is 4.72. The first-order chi connectivity index (χ1) is 8.90. The van der Waals surface area contributed by atoms with Gasteiger partial charge in [-0.2, -0.15) is 0 Å². The van der Waals surface area contributed by atoms with Gasteiger partial charge in [-0.1, -0.05) is 0 Å². The minimum absolute atomic E-state index is 0.128. The number of aromatic nitrogens is 3. The lowest BCUT2D eigenvalue weighted by Crippen LogP contribution is -2.32. The molecule has 1 unspecified atom stereocenters. The minimum atomic E-state index is 0.128. The zero-order valence-corrected chi connectivity index (χ0v) is 10.3. The van der Waals surface area contributed by atoms with Crippen LogP contribution in [0.2, 0.25) is 0 Å². The van der Waals surface area contributed by atoms with Gasteiger partial charge in [0, 0.05) is 25.2 Å². The van der Waals surface area contributed by atoms with E-state index in [1.54, 1.807) is 6.20 Å². The molecule has 2 aromatic rings. The van der Waals surface area contributed by atoms with Crippen molar-refractivity contribution in [1.29, 1.82) is 0 Å². The second kappa shape index (κ2) is 5.04. The molecule has 0 spiro atoms. The predicted octanol–water partition coefficient (Wildman–Crippen LogP) is 0.891. The van der Waals surface area contributed by atoms with Gasteiger partial charge >= 0.3 is 0 Å². The lowest BCUT2D eigenvalue weighted by Gasteiger charge is -2.25. The third-order valence-electron chi connectivity index (χ3n) is 3.49. The summed E-state index contributed by atoms with van der Waals surface area (Å²) < 4.78 is 2.21. The van der Waals surface area contributed by atoms with E-state index in [-0.39, 0.29) is 6.61 Å². The van der Waals surface area contributed by atoms with Gasteiger partial charge in [0.25, 0.3) is 0 Å². The van der Waals surface area contributed by atoms with Crippen LogP contribution in [0.15, 0.2) is 18.3 Å². The molecule has 0 radical (unpaired) electrons. The molecule has 0 aromatic carbocycles. The maximum atomic E-state index is 9.18. The highest BCUT2D eigenvalue weighted by molar-refractivity contribution is 5.71. The van der Waals surface area contributed by atoms with E-state index in [1.807, 2.05) is 12.1 Å². The summed E-state index contributed by atoms with van der Waals surface area (Å²) in [7, 11) is 0. The maximum Gasteiger partial charge on any atom is 0.160 e. The number of nitrogens with zero attached hydrogens (tertiary/aromatic N) is 3. The molecule has 2 N–H and O–H groups in total. The number of aliphatic hydroxyl groups excluding tert-OH is 1. The van der Waals surface area contributed by atoms with Crippen LogP contribution in [-0.2, 0) is 6.42 Å². The molecule has 1 atom stereocenters. The van der Waals surface area contributed by atoms with E-state index in [0.717, 1.165) is 36.5 Å². The third-order valence-corrected chi connectivity index (χ3v) is 3.49.